The first-order chi connectivity index (χ1) is 3.83. The van der Waals surface area contributed by atoms with Gasteiger partial charge in [0, 0.05) is 13.2 Å². The van der Waals surface area contributed by atoms with Crippen LogP contribution in [0.5, 0.6) is 0 Å². The standard InChI is InChI=1S/C7H13N.H2/c1-3-7-5-4-6(2)8-7;/h3,6,8H,4-5H2,1-2H3;1H/b7-3-;. The van der Waals surface area contributed by atoms with Crippen molar-refractivity contribution in [2.45, 2.75) is 32.7 Å². The molecule has 1 nitrogen and oxygen atoms in total. The van der Waals surface area contributed by atoms with Crippen molar-refractivity contribution in [3.8, 4) is 0 Å². The van der Waals surface area contributed by atoms with Crippen LogP contribution in [0.4, 0.5) is 0 Å². The van der Waals surface area contributed by atoms with E-state index in [1.807, 2.05) is 0 Å². The third kappa shape index (κ3) is 1.03. The normalized spacial score (nSPS) is 33.2. The lowest BCUT2D eigenvalue weighted by atomic mass is 10.2. The van der Waals surface area contributed by atoms with Crippen molar-refractivity contribution >= 4 is 0 Å². The number of allylic oxidation sites excluding steroid dienone is 2. The molecule has 0 aromatic heterocycles. The molecule has 0 spiro atoms. The molecule has 8 heavy (non-hydrogen) atoms. The minimum Gasteiger partial charge on any atom is -0.386 e. The van der Waals surface area contributed by atoms with E-state index in [-0.39, 0.29) is 1.43 Å². The summed E-state index contributed by atoms with van der Waals surface area (Å²) in [7, 11) is 0. The van der Waals surface area contributed by atoms with E-state index in [4.69, 9.17) is 0 Å². The van der Waals surface area contributed by atoms with Gasteiger partial charge in [0.05, 0.1) is 0 Å². The highest BCUT2D eigenvalue weighted by Gasteiger charge is 2.10. The zero-order valence-electron chi connectivity index (χ0n) is 5.57. The Balaban J connectivity index is 0.000000640. The summed E-state index contributed by atoms with van der Waals surface area (Å²) in [5.74, 6) is 0. The molecule has 0 aromatic rings. The molecule has 1 rings (SSSR count). The maximum Gasteiger partial charge on any atom is 0.0233 e. The van der Waals surface area contributed by atoms with Crippen molar-refractivity contribution in [1.29, 1.82) is 0 Å². The minimum absolute atomic E-state index is 0. The van der Waals surface area contributed by atoms with Gasteiger partial charge < -0.3 is 5.32 Å². The molecule has 0 saturated carbocycles. The summed E-state index contributed by atoms with van der Waals surface area (Å²) in [6, 6.07) is 0.709. The molecular formula is C7H15N. The number of hydrogen-bond donors (Lipinski definition) is 1. The minimum atomic E-state index is 0. The van der Waals surface area contributed by atoms with Gasteiger partial charge in [-0.1, -0.05) is 6.08 Å². The van der Waals surface area contributed by atoms with Gasteiger partial charge in [-0.05, 0) is 26.7 Å². The molecule has 1 fully saturated rings. The van der Waals surface area contributed by atoms with Gasteiger partial charge in [0.15, 0.2) is 0 Å². The van der Waals surface area contributed by atoms with Gasteiger partial charge in [-0.3, -0.25) is 0 Å². The lowest BCUT2D eigenvalue weighted by Gasteiger charge is -2.00. The molecule has 1 heterocycles. The van der Waals surface area contributed by atoms with Crippen LogP contribution in [0.25, 0.3) is 0 Å². The molecule has 1 unspecified atom stereocenters. The van der Waals surface area contributed by atoms with Gasteiger partial charge in [0.25, 0.3) is 0 Å². The smallest absolute Gasteiger partial charge is 0.0233 e. The Morgan fingerprint density at radius 1 is 1.88 bits per heavy atom. The largest absolute Gasteiger partial charge is 0.386 e. The summed E-state index contributed by atoms with van der Waals surface area (Å²) < 4.78 is 0. The lowest BCUT2D eigenvalue weighted by molar-refractivity contribution is 0.680. The highest BCUT2D eigenvalue weighted by molar-refractivity contribution is 5.04. The van der Waals surface area contributed by atoms with Crippen LogP contribution >= 0.6 is 0 Å². The molecule has 48 valence electrons. The van der Waals surface area contributed by atoms with Crippen molar-refractivity contribution in [3.05, 3.63) is 11.8 Å². The monoisotopic (exact) mass is 113 g/mol. The Bertz CT molecular complexity index is 109. The van der Waals surface area contributed by atoms with Crippen molar-refractivity contribution in [3.63, 3.8) is 0 Å². The third-order valence-corrected chi connectivity index (χ3v) is 1.63. The van der Waals surface area contributed by atoms with Gasteiger partial charge in [-0.2, -0.15) is 0 Å². The second-order valence-corrected chi connectivity index (χ2v) is 2.40. The Morgan fingerprint density at radius 2 is 2.62 bits per heavy atom. The summed E-state index contributed by atoms with van der Waals surface area (Å²) in [5.41, 5.74) is 1.41. The second kappa shape index (κ2) is 2.21. The summed E-state index contributed by atoms with van der Waals surface area (Å²) >= 11 is 0. The Hall–Kier alpha value is -0.460. The average molecular weight is 113 g/mol. The topological polar surface area (TPSA) is 12.0 Å². The van der Waals surface area contributed by atoms with E-state index in [1.54, 1.807) is 0 Å². The average Bonchev–Trinajstić information content (AvgIpc) is 2.14. The molecule has 1 atom stereocenters. The fraction of sp³-hybridized carbons (Fsp3) is 0.714. The molecule has 0 aromatic carbocycles. The van der Waals surface area contributed by atoms with E-state index in [2.05, 4.69) is 25.2 Å². The zero-order chi connectivity index (χ0) is 5.98. The zero-order valence-corrected chi connectivity index (χ0v) is 5.57. The van der Waals surface area contributed by atoms with Crippen LogP contribution in [0.2, 0.25) is 0 Å². The van der Waals surface area contributed by atoms with Gasteiger partial charge in [0.2, 0.25) is 0 Å². The highest BCUT2D eigenvalue weighted by atomic mass is 14.9. The molecule has 0 aliphatic carbocycles. The molecule has 1 heteroatoms. The fourth-order valence-corrected chi connectivity index (χ4v) is 1.06. The van der Waals surface area contributed by atoms with Crippen LogP contribution in [0.1, 0.15) is 28.1 Å². The highest BCUT2D eigenvalue weighted by Crippen LogP contribution is 2.13. The Morgan fingerprint density at radius 3 is 2.88 bits per heavy atom. The van der Waals surface area contributed by atoms with Crippen molar-refractivity contribution in [2.24, 2.45) is 0 Å². The first kappa shape index (κ1) is 5.67. The van der Waals surface area contributed by atoms with E-state index in [1.165, 1.54) is 18.5 Å². The number of nitrogens with one attached hydrogen (secondary N) is 1. The molecule has 1 N–H and O–H groups in total. The fourth-order valence-electron chi connectivity index (χ4n) is 1.06. The Kier molecular flexibility index (Phi) is 1.56. The first-order valence-corrected chi connectivity index (χ1v) is 3.24. The van der Waals surface area contributed by atoms with E-state index in [0.29, 0.717) is 6.04 Å². The van der Waals surface area contributed by atoms with Crippen molar-refractivity contribution < 1.29 is 1.43 Å². The molecule has 0 radical (unpaired) electrons. The van der Waals surface area contributed by atoms with Gasteiger partial charge in [-0.25, -0.2) is 0 Å². The Labute approximate surface area is 52.3 Å². The lowest BCUT2D eigenvalue weighted by Crippen LogP contribution is -2.14. The van der Waals surface area contributed by atoms with Crippen LogP contribution in [0.15, 0.2) is 11.8 Å². The predicted molar refractivity (Wildman–Crippen MR) is 37.7 cm³/mol. The third-order valence-electron chi connectivity index (χ3n) is 1.63. The van der Waals surface area contributed by atoms with Crippen LogP contribution in [-0.4, -0.2) is 6.04 Å². The number of rotatable bonds is 0. The van der Waals surface area contributed by atoms with Crippen LogP contribution in [0, 0.1) is 0 Å². The maximum atomic E-state index is 3.36. The van der Waals surface area contributed by atoms with E-state index < -0.39 is 0 Å². The summed E-state index contributed by atoms with van der Waals surface area (Å²) in [6.07, 6.45) is 4.71. The molecule has 0 bridgehead atoms. The number of hydrogen-bond acceptors (Lipinski definition) is 1. The first-order valence-electron chi connectivity index (χ1n) is 3.24. The molecule has 1 aliphatic rings. The second-order valence-electron chi connectivity index (χ2n) is 2.40. The van der Waals surface area contributed by atoms with Crippen LogP contribution in [0.3, 0.4) is 0 Å². The van der Waals surface area contributed by atoms with Crippen LogP contribution in [-0.2, 0) is 0 Å². The van der Waals surface area contributed by atoms with Gasteiger partial charge in [0.1, 0.15) is 0 Å². The molecular weight excluding hydrogens is 98.1 g/mol. The SMILES string of the molecule is C/C=C1/CCC(C)N1.[HH]. The van der Waals surface area contributed by atoms with Crippen molar-refractivity contribution in [1.82, 2.24) is 5.32 Å². The van der Waals surface area contributed by atoms with Gasteiger partial charge in [-0.15, -0.1) is 0 Å². The van der Waals surface area contributed by atoms with E-state index >= 15 is 0 Å². The van der Waals surface area contributed by atoms with Gasteiger partial charge >= 0.3 is 0 Å². The summed E-state index contributed by atoms with van der Waals surface area (Å²) in [6.45, 7) is 4.30. The van der Waals surface area contributed by atoms with Crippen LogP contribution < -0.4 is 5.32 Å². The quantitative estimate of drug-likeness (QED) is 0.506. The molecule has 1 saturated heterocycles. The summed E-state index contributed by atoms with van der Waals surface area (Å²) in [4.78, 5) is 0. The van der Waals surface area contributed by atoms with E-state index in [9.17, 15) is 0 Å². The summed E-state index contributed by atoms with van der Waals surface area (Å²) in [5, 5.41) is 3.36. The molecule has 0 amide bonds. The van der Waals surface area contributed by atoms with Crippen molar-refractivity contribution in [2.75, 3.05) is 0 Å². The maximum absolute atomic E-state index is 3.36. The molecule has 1 aliphatic heterocycles. The van der Waals surface area contributed by atoms with E-state index in [0.717, 1.165) is 0 Å². The predicted octanol–water partition coefficient (Wildman–Crippen LogP) is 1.91.